The van der Waals surface area contributed by atoms with Crippen LogP contribution in [0.25, 0.3) is 0 Å². The second-order valence-electron chi connectivity index (χ2n) is 3.79. The smallest absolute Gasteiger partial charge is 0.252 e. The minimum Gasteiger partial charge on any atom is -0.346 e. The van der Waals surface area contributed by atoms with E-state index in [0.29, 0.717) is 17.0 Å². The van der Waals surface area contributed by atoms with Crippen molar-refractivity contribution in [3.05, 3.63) is 46.2 Å². The van der Waals surface area contributed by atoms with Gasteiger partial charge in [0.15, 0.2) is 0 Å². The molecule has 0 bridgehead atoms. The van der Waals surface area contributed by atoms with E-state index in [0.717, 1.165) is 10.2 Å². The minimum atomic E-state index is -0.145. The summed E-state index contributed by atoms with van der Waals surface area (Å²) >= 11 is 7.62. The number of carbonyl (C=O) groups excluding carboxylic acids is 1. The Hall–Kier alpha value is -1.27. The third-order valence-corrected chi connectivity index (χ3v) is 3.42. The lowest BCUT2D eigenvalue weighted by Crippen LogP contribution is -2.24. The maximum Gasteiger partial charge on any atom is 0.252 e. The van der Waals surface area contributed by atoms with Crippen molar-refractivity contribution in [1.82, 2.24) is 15.1 Å². The van der Waals surface area contributed by atoms with E-state index in [9.17, 15) is 4.79 Å². The molecule has 0 aliphatic rings. The molecule has 1 amide bonds. The van der Waals surface area contributed by atoms with Crippen LogP contribution in [0.15, 0.2) is 39.8 Å². The number of nitrogens with zero attached hydrogens (tertiary/aromatic N) is 2. The van der Waals surface area contributed by atoms with Gasteiger partial charge in [-0.05, 0) is 24.3 Å². The maximum absolute atomic E-state index is 12.0. The normalized spacial score (nSPS) is 10.4. The number of hydrogen-bond donors (Lipinski definition) is 2. The van der Waals surface area contributed by atoms with Gasteiger partial charge in [0.05, 0.1) is 17.8 Å². The first-order chi connectivity index (χ1) is 8.58. The van der Waals surface area contributed by atoms with Crippen LogP contribution in [-0.2, 0) is 13.6 Å². The number of amides is 1. The van der Waals surface area contributed by atoms with Crippen molar-refractivity contribution in [2.24, 2.45) is 7.05 Å². The highest BCUT2D eigenvalue weighted by molar-refractivity contribution is 9.10. The molecule has 2 rings (SSSR count). The van der Waals surface area contributed by atoms with Gasteiger partial charge >= 0.3 is 0 Å². The second kappa shape index (κ2) is 5.58. The molecule has 1 N–H and O–H groups in total. The average molecular weight is 326 g/mol. The van der Waals surface area contributed by atoms with Crippen molar-refractivity contribution in [3.8, 4) is 0 Å². The van der Waals surface area contributed by atoms with Crippen LogP contribution < -0.4 is 5.32 Å². The first-order valence-corrected chi connectivity index (χ1v) is 6.55. The number of hydrogen-bond acceptors (Lipinski definition) is 3. The van der Waals surface area contributed by atoms with Crippen molar-refractivity contribution in [2.75, 3.05) is 0 Å². The Morgan fingerprint density at radius 2 is 2.28 bits per heavy atom. The highest BCUT2D eigenvalue weighted by Crippen LogP contribution is 2.19. The van der Waals surface area contributed by atoms with Gasteiger partial charge in [0.2, 0.25) is 0 Å². The molecule has 6 heteroatoms. The molecular weight excluding hydrogens is 314 g/mol. The zero-order valence-electron chi connectivity index (χ0n) is 9.72. The van der Waals surface area contributed by atoms with E-state index in [1.54, 1.807) is 23.0 Å². The van der Waals surface area contributed by atoms with Crippen molar-refractivity contribution in [1.29, 1.82) is 0 Å². The minimum absolute atomic E-state index is 0.145. The highest BCUT2D eigenvalue weighted by atomic mass is 79.9. The van der Waals surface area contributed by atoms with Crippen LogP contribution in [0, 0.1) is 0 Å². The summed E-state index contributed by atoms with van der Waals surface area (Å²) in [5.74, 6) is -0.145. The lowest BCUT2D eigenvalue weighted by molar-refractivity contribution is 0.0947. The monoisotopic (exact) mass is 325 g/mol. The Morgan fingerprint density at radius 1 is 1.50 bits per heavy atom. The Balaban J connectivity index is 2.06. The molecule has 1 heterocycles. The molecule has 4 nitrogen and oxygen atoms in total. The SMILES string of the molecule is Cn1nccc1CNC(=O)c1ccc(Br)cc1S. The van der Waals surface area contributed by atoms with E-state index in [1.807, 2.05) is 19.2 Å². The van der Waals surface area contributed by atoms with Gasteiger partial charge in [-0.2, -0.15) is 5.10 Å². The number of carbonyl (C=O) groups is 1. The zero-order chi connectivity index (χ0) is 13.1. The molecule has 1 aromatic heterocycles. The van der Waals surface area contributed by atoms with Crippen LogP contribution in [0.5, 0.6) is 0 Å². The van der Waals surface area contributed by atoms with E-state index in [2.05, 4.69) is 39.0 Å². The standard InChI is InChI=1S/C12H12BrN3OS/c1-16-9(4-5-15-16)7-14-12(17)10-3-2-8(13)6-11(10)18/h2-6,18H,7H2,1H3,(H,14,17). The molecule has 0 saturated carbocycles. The van der Waals surface area contributed by atoms with E-state index in [-0.39, 0.29) is 5.91 Å². The molecule has 0 saturated heterocycles. The van der Waals surface area contributed by atoms with Crippen LogP contribution in [0.2, 0.25) is 0 Å². The van der Waals surface area contributed by atoms with Crippen molar-refractivity contribution in [2.45, 2.75) is 11.4 Å². The topological polar surface area (TPSA) is 46.9 Å². The molecule has 0 aliphatic carbocycles. The number of nitrogens with one attached hydrogen (secondary N) is 1. The molecule has 0 radical (unpaired) electrons. The van der Waals surface area contributed by atoms with Crippen LogP contribution in [-0.4, -0.2) is 15.7 Å². The second-order valence-corrected chi connectivity index (χ2v) is 5.19. The van der Waals surface area contributed by atoms with Crippen molar-refractivity contribution >= 4 is 34.5 Å². The lowest BCUT2D eigenvalue weighted by Gasteiger charge is -2.07. The molecule has 2 aromatic rings. The predicted molar refractivity (Wildman–Crippen MR) is 75.8 cm³/mol. The van der Waals surface area contributed by atoms with Gasteiger partial charge in [-0.15, -0.1) is 12.6 Å². The molecule has 0 unspecified atom stereocenters. The first kappa shape index (κ1) is 13.2. The summed E-state index contributed by atoms with van der Waals surface area (Å²) in [5, 5.41) is 6.88. The van der Waals surface area contributed by atoms with Gasteiger partial charge in [0, 0.05) is 22.6 Å². The fourth-order valence-corrected chi connectivity index (χ4v) is 2.39. The molecule has 0 atom stereocenters. The summed E-state index contributed by atoms with van der Waals surface area (Å²) in [6, 6.07) is 7.22. The van der Waals surface area contributed by atoms with Gasteiger partial charge < -0.3 is 5.32 Å². The molecule has 0 spiro atoms. The third-order valence-electron chi connectivity index (χ3n) is 2.56. The molecule has 0 fully saturated rings. The van der Waals surface area contributed by atoms with E-state index < -0.39 is 0 Å². The van der Waals surface area contributed by atoms with Gasteiger partial charge in [-0.3, -0.25) is 9.48 Å². The molecule has 94 valence electrons. The summed E-state index contributed by atoms with van der Waals surface area (Å²) in [7, 11) is 1.84. The number of aromatic nitrogens is 2. The maximum atomic E-state index is 12.0. The molecule has 0 aliphatic heterocycles. The van der Waals surface area contributed by atoms with Gasteiger partial charge in [0.1, 0.15) is 0 Å². The average Bonchev–Trinajstić information content (AvgIpc) is 2.72. The van der Waals surface area contributed by atoms with Gasteiger partial charge in [-0.1, -0.05) is 15.9 Å². The summed E-state index contributed by atoms with van der Waals surface area (Å²) in [4.78, 5) is 12.6. The Labute approximate surface area is 119 Å². The number of thiol groups is 1. The van der Waals surface area contributed by atoms with E-state index in [4.69, 9.17) is 0 Å². The largest absolute Gasteiger partial charge is 0.346 e. The molecule has 18 heavy (non-hydrogen) atoms. The number of halogens is 1. The fourth-order valence-electron chi connectivity index (χ4n) is 1.54. The fraction of sp³-hybridized carbons (Fsp3) is 0.167. The molecule has 1 aromatic carbocycles. The van der Waals surface area contributed by atoms with Crippen molar-refractivity contribution < 1.29 is 4.79 Å². The van der Waals surface area contributed by atoms with Crippen molar-refractivity contribution in [3.63, 3.8) is 0 Å². The first-order valence-electron chi connectivity index (χ1n) is 5.31. The van der Waals surface area contributed by atoms with Crippen LogP contribution in [0.4, 0.5) is 0 Å². The molecular formula is C12H12BrN3OS. The Bertz CT molecular complexity index is 582. The summed E-state index contributed by atoms with van der Waals surface area (Å²) in [5.41, 5.74) is 1.50. The number of benzene rings is 1. The van der Waals surface area contributed by atoms with Crippen LogP contribution in [0.3, 0.4) is 0 Å². The summed E-state index contributed by atoms with van der Waals surface area (Å²) in [6.45, 7) is 0.443. The van der Waals surface area contributed by atoms with Gasteiger partial charge in [-0.25, -0.2) is 0 Å². The summed E-state index contributed by atoms with van der Waals surface area (Å²) in [6.07, 6.45) is 1.70. The third kappa shape index (κ3) is 2.94. The Kier molecular flexibility index (Phi) is 4.08. The Morgan fingerprint density at radius 3 is 2.89 bits per heavy atom. The quantitative estimate of drug-likeness (QED) is 0.851. The number of aryl methyl sites for hydroxylation is 1. The lowest BCUT2D eigenvalue weighted by atomic mass is 10.2. The van der Waals surface area contributed by atoms with E-state index in [1.165, 1.54) is 0 Å². The van der Waals surface area contributed by atoms with E-state index >= 15 is 0 Å². The highest BCUT2D eigenvalue weighted by Gasteiger charge is 2.10. The van der Waals surface area contributed by atoms with Crippen LogP contribution >= 0.6 is 28.6 Å². The predicted octanol–water partition coefficient (Wildman–Crippen LogP) is 2.40. The zero-order valence-corrected chi connectivity index (χ0v) is 12.2. The number of rotatable bonds is 3. The summed E-state index contributed by atoms with van der Waals surface area (Å²) < 4.78 is 2.62. The van der Waals surface area contributed by atoms with Gasteiger partial charge in [0.25, 0.3) is 5.91 Å². The van der Waals surface area contributed by atoms with Crippen LogP contribution in [0.1, 0.15) is 16.1 Å².